The number of hydrogen-bond donors (Lipinski definition) is 1. The lowest BCUT2D eigenvalue weighted by atomic mass is 10.2. The van der Waals surface area contributed by atoms with Crippen LogP contribution in [0.3, 0.4) is 0 Å². The molecule has 0 aromatic heterocycles. The SMILES string of the molecule is CCSc1ccccc1NCc1ccc(F)cc1Cl. The highest BCUT2D eigenvalue weighted by Gasteiger charge is 2.04. The summed E-state index contributed by atoms with van der Waals surface area (Å²) in [6.45, 7) is 2.71. The van der Waals surface area contributed by atoms with Crippen LogP contribution in [0, 0.1) is 5.82 Å². The molecule has 0 amide bonds. The average Bonchev–Trinajstić information content (AvgIpc) is 2.40. The molecule has 1 N–H and O–H groups in total. The van der Waals surface area contributed by atoms with Crippen molar-refractivity contribution >= 4 is 29.1 Å². The monoisotopic (exact) mass is 295 g/mol. The molecule has 19 heavy (non-hydrogen) atoms. The minimum Gasteiger partial charge on any atom is -0.380 e. The van der Waals surface area contributed by atoms with Gasteiger partial charge in [-0.1, -0.05) is 36.7 Å². The number of halogens is 2. The van der Waals surface area contributed by atoms with Gasteiger partial charge in [0, 0.05) is 22.2 Å². The van der Waals surface area contributed by atoms with E-state index in [0.29, 0.717) is 11.6 Å². The Morgan fingerprint density at radius 2 is 2.00 bits per heavy atom. The van der Waals surface area contributed by atoms with Crippen LogP contribution in [0.2, 0.25) is 5.02 Å². The molecule has 0 aliphatic carbocycles. The van der Waals surface area contributed by atoms with Crippen molar-refractivity contribution in [1.82, 2.24) is 0 Å². The zero-order valence-electron chi connectivity index (χ0n) is 10.6. The first-order valence-electron chi connectivity index (χ1n) is 6.10. The first kappa shape index (κ1) is 14.2. The summed E-state index contributed by atoms with van der Waals surface area (Å²) in [5.74, 6) is 0.714. The van der Waals surface area contributed by atoms with E-state index in [4.69, 9.17) is 11.6 Å². The molecule has 0 bridgehead atoms. The number of rotatable bonds is 5. The summed E-state index contributed by atoms with van der Waals surface area (Å²) in [5, 5.41) is 3.80. The molecule has 0 saturated heterocycles. The van der Waals surface area contributed by atoms with Gasteiger partial charge in [0.1, 0.15) is 5.82 Å². The third-order valence-corrected chi connectivity index (χ3v) is 3.98. The standard InChI is InChI=1S/C15H15ClFNS/c1-2-19-15-6-4-3-5-14(15)18-10-11-7-8-12(17)9-13(11)16/h3-9,18H,2,10H2,1H3. The summed E-state index contributed by atoms with van der Waals surface area (Å²) >= 11 is 7.80. The van der Waals surface area contributed by atoms with E-state index in [0.717, 1.165) is 17.0 Å². The third kappa shape index (κ3) is 3.88. The first-order chi connectivity index (χ1) is 9.20. The summed E-state index contributed by atoms with van der Waals surface area (Å²) < 4.78 is 13.0. The van der Waals surface area contributed by atoms with E-state index < -0.39 is 0 Å². The second-order valence-corrected chi connectivity index (χ2v) is 5.73. The Hall–Kier alpha value is -1.19. The summed E-state index contributed by atoms with van der Waals surface area (Å²) in [5.41, 5.74) is 1.97. The number of thioether (sulfide) groups is 1. The van der Waals surface area contributed by atoms with Crippen molar-refractivity contribution in [2.75, 3.05) is 11.1 Å². The van der Waals surface area contributed by atoms with E-state index in [-0.39, 0.29) is 5.82 Å². The maximum Gasteiger partial charge on any atom is 0.124 e. The summed E-state index contributed by atoms with van der Waals surface area (Å²) in [7, 11) is 0. The molecular formula is C15H15ClFNS. The molecule has 4 heteroatoms. The summed E-state index contributed by atoms with van der Waals surface area (Å²) in [6.07, 6.45) is 0. The van der Waals surface area contributed by atoms with Crippen molar-refractivity contribution in [2.24, 2.45) is 0 Å². The van der Waals surface area contributed by atoms with Gasteiger partial charge in [0.15, 0.2) is 0 Å². The number of anilines is 1. The fourth-order valence-electron chi connectivity index (χ4n) is 1.75. The smallest absolute Gasteiger partial charge is 0.124 e. The van der Waals surface area contributed by atoms with Crippen molar-refractivity contribution in [3.8, 4) is 0 Å². The van der Waals surface area contributed by atoms with Gasteiger partial charge < -0.3 is 5.32 Å². The van der Waals surface area contributed by atoms with Crippen LogP contribution in [0.1, 0.15) is 12.5 Å². The molecule has 0 radical (unpaired) electrons. The van der Waals surface area contributed by atoms with Crippen molar-refractivity contribution in [1.29, 1.82) is 0 Å². The largest absolute Gasteiger partial charge is 0.380 e. The zero-order valence-corrected chi connectivity index (χ0v) is 12.2. The first-order valence-corrected chi connectivity index (χ1v) is 7.46. The molecule has 0 heterocycles. The van der Waals surface area contributed by atoms with Crippen LogP contribution in [-0.4, -0.2) is 5.75 Å². The van der Waals surface area contributed by atoms with Gasteiger partial charge in [-0.3, -0.25) is 0 Å². The van der Waals surface area contributed by atoms with E-state index >= 15 is 0 Å². The Kier molecular flexibility index (Phi) is 5.11. The van der Waals surface area contributed by atoms with E-state index in [2.05, 4.69) is 18.3 Å². The molecule has 100 valence electrons. The van der Waals surface area contributed by atoms with Gasteiger partial charge in [-0.25, -0.2) is 4.39 Å². The normalized spacial score (nSPS) is 10.5. The van der Waals surface area contributed by atoms with E-state index in [9.17, 15) is 4.39 Å². The molecule has 0 atom stereocenters. The second kappa shape index (κ2) is 6.83. The van der Waals surface area contributed by atoms with Crippen LogP contribution >= 0.6 is 23.4 Å². The quantitative estimate of drug-likeness (QED) is 0.761. The van der Waals surface area contributed by atoms with E-state index in [1.165, 1.54) is 17.0 Å². The van der Waals surface area contributed by atoms with Gasteiger partial charge in [0.2, 0.25) is 0 Å². The summed E-state index contributed by atoms with van der Waals surface area (Å²) in [6, 6.07) is 12.6. The minimum atomic E-state index is -0.310. The van der Waals surface area contributed by atoms with Crippen molar-refractivity contribution in [2.45, 2.75) is 18.4 Å². The van der Waals surface area contributed by atoms with Gasteiger partial charge in [-0.05, 0) is 35.6 Å². The maximum atomic E-state index is 13.0. The number of benzene rings is 2. The molecule has 0 aliphatic heterocycles. The Morgan fingerprint density at radius 1 is 1.21 bits per heavy atom. The van der Waals surface area contributed by atoms with Crippen LogP contribution in [0.15, 0.2) is 47.4 Å². The third-order valence-electron chi connectivity index (χ3n) is 2.67. The Labute approximate surface area is 122 Å². The van der Waals surface area contributed by atoms with E-state index in [1.807, 2.05) is 18.2 Å². The molecule has 2 aromatic rings. The van der Waals surface area contributed by atoms with Gasteiger partial charge in [0.05, 0.1) is 0 Å². The predicted molar refractivity (Wildman–Crippen MR) is 81.6 cm³/mol. The van der Waals surface area contributed by atoms with Crippen LogP contribution in [0.5, 0.6) is 0 Å². The number of hydrogen-bond acceptors (Lipinski definition) is 2. The van der Waals surface area contributed by atoms with Crippen LogP contribution in [-0.2, 0) is 6.54 Å². The van der Waals surface area contributed by atoms with Crippen LogP contribution in [0.4, 0.5) is 10.1 Å². The maximum absolute atomic E-state index is 13.0. The highest BCUT2D eigenvalue weighted by Crippen LogP contribution is 2.27. The molecule has 0 spiro atoms. The lowest BCUT2D eigenvalue weighted by molar-refractivity contribution is 0.627. The molecule has 1 nitrogen and oxygen atoms in total. The van der Waals surface area contributed by atoms with Gasteiger partial charge in [0.25, 0.3) is 0 Å². The van der Waals surface area contributed by atoms with Gasteiger partial charge in [-0.15, -0.1) is 11.8 Å². The predicted octanol–water partition coefficient (Wildman–Crippen LogP) is 5.20. The zero-order chi connectivity index (χ0) is 13.7. The van der Waals surface area contributed by atoms with E-state index in [1.54, 1.807) is 17.8 Å². The van der Waals surface area contributed by atoms with Crippen molar-refractivity contribution < 1.29 is 4.39 Å². The second-order valence-electron chi connectivity index (χ2n) is 4.02. The topological polar surface area (TPSA) is 12.0 Å². The number of nitrogens with one attached hydrogen (secondary N) is 1. The van der Waals surface area contributed by atoms with Crippen molar-refractivity contribution in [3.63, 3.8) is 0 Å². The van der Waals surface area contributed by atoms with Crippen molar-refractivity contribution in [3.05, 3.63) is 58.9 Å². The van der Waals surface area contributed by atoms with Crippen LogP contribution < -0.4 is 5.32 Å². The molecule has 2 aromatic carbocycles. The lowest BCUT2D eigenvalue weighted by Gasteiger charge is -2.12. The molecule has 2 rings (SSSR count). The van der Waals surface area contributed by atoms with Gasteiger partial charge in [-0.2, -0.15) is 0 Å². The molecule has 0 saturated carbocycles. The minimum absolute atomic E-state index is 0.310. The Balaban J connectivity index is 2.10. The highest BCUT2D eigenvalue weighted by atomic mass is 35.5. The molecule has 0 fully saturated rings. The molecule has 0 unspecified atom stereocenters. The Morgan fingerprint density at radius 3 is 2.74 bits per heavy atom. The average molecular weight is 296 g/mol. The number of para-hydroxylation sites is 1. The van der Waals surface area contributed by atoms with Crippen LogP contribution in [0.25, 0.3) is 0 Å². The van der Waals surface area contributed by atoms with Gasteiger partial charge >= 0.3 is 0 Å². The molecule has 0 aliphatic rings. The fourth-order valence-corrected chi connectivity index (χ4v) is 2.77. The molecular weight excluding hydrogens is 281 g/mol. The Bertz CT molecular complexity index is 560. The highest BCUT2D eigenvalue weighted by molar-refractivity contribution is 7.99. The summed E-state index contributed by atoms with van der Waals surface area (Å²) in [4.78, 5) is 1.21. The lowest BCUT2D eigenvalue weighted by Crippen LogP contribution is -2.01. The fraction of sp³-hybridized carbons (Fsp3) is 0.200.